The zero-order chi connectivity index (χ0) is 18.9. The second-order valence-electron chi connectivity index (χ2n) is 8.09. The van der Waals surface area contributed by atoms with Crippen molar-refractivity contribution in [3.63, 3.8) is 0 Å². The maximum Gasteiger partial charge on any atom is 0.134 e. The molecule has 136 valence electrons. The standard InChI is InChI=1S/C22H26N2OS/c1-14-6-7-15(10-19(14)25-5)13-24-21-18(12-23)17-9-8-16(22(2,3)4)11-20(17)26-21/h6-7,10,13,16H,8-9,11H2,1-5H3/t16-/m1/s1. The topological polar surface area (TPSA) is 45.4 Å². The Morgan fingerprint density at radius 2 is 2.12 bits per heavy atom. The molecule has 0 radical (unpaired) electrons. The molecule has 0 spiro atoms. The quantitative estimate of drug-likeness (QED) is 0.641. The Balaban J connectivity index is 1.90. The highest BCUT2D eigenvalue weighted by molar-refractivity contribution is 7.16. The van der Waals surface area contributed by atoms with Crippen LogP contribution in [0.1, 0.15) is 54.3 Å². The molecule has 26 heavy (non-hydrogen) atoms. The lowest BCUT2D eigenvalue weighted by Gasteiger charge is -2.33. The minimum absolute atomic E-state index is 0.302. The van der Waals surface area contributed by atoms with Crippen LogP contribution < -0.4 is 4.74 Å². The number of aliphatic imine (C=N–C) groups is 1. The van der Waals surface area contributed by atoms with Crippen LogP contribution in [0.25, 0.3) is 0 Å². The molecule has 0 aliphatic heterocycles. The van der Waals surface area contributed by atoms with E-state index in [1.165, 1.54) is 10.4 Å². The van der Waals surface area contributed by atoms with Gasteiger partial charge in [-0.15, -0.1) is 11.3 Å². The molecule has 0 fully saturated rings. The predicted molar refractivity (Wildman–Crippen MR) is 109 cm³/mol. The van der Waals surface area contributed by atoms with E-state index in [0.29, 0.717) is 11.3 Å². The van der Waals surface area contributed by atoms with Crippen LogP contribution >= 0.6 is 11.3 Å². The summed E-state index contributed by atoms with van der Waals surface area (Å²) in [4.78, 5) is 6.01. The normalized spacial score (nSPS) is 17.2. The zero-order valence-corrected chi connectivity index (χ0v) is 17.0. The molecule has 0 amide bonds. The SMILES string of the molecule is COc1cc(C=Nc2sc3c(c2C#N)CC[C@@H](C(C)(C)C)C3)ccc1C. The van der Waals surface area contributed by atoms with Crippen molar-refractivity contribution in [2.75, 3.05) is 7.11 Å². The lowest BCUT2D eigenvalue weighted by atomic mass is 9.72. The second-order valence-corrected chi connectivity index (χ2v) is 9.17. The Kier molecular flexibility index (Phi) is 5.20. The van der Waals surface area contributed by atoms with E-state index < -0.39 is 0 Å². The minimum Gasteiger partial charge on any atom is -0.496 e. The van der Waals surface area contributed by atoms with Crippen LogP contribution in [-0.2, 0) is 12.8 Å². The fourth-order valence-electron chi connectivity index (χ4n) is 3.57. The minimum atomic E-state index is 0.302. The van der Waals surface area contributed by atoms with Gasteiger partial charge in [0, 0.05) is 11.1 Å². The number of aryl methyl sites for hydroxylation is 1. The third-order valence-corrected chi connectivity index (χ3v) is 6.51. The lowest BCUT2D eigenvalue weighted by Crippen LogP contribution is -2.26. The monoisotopic (exact) mass is 366 g/mol. The van der Waals surface area contributed by atoms with Crippen molar-refractivity contribution in [2.45, 2.75) is 47.0 Å². The van der Waals surface area contributed by atoms with Crippen LogP contribution in [0.5, 0.6) is 5.75 Å². The van der Waals surface area contributed by atoms with Crippen molar-refractivity contribution in [1.29, 1.82) is 5.26 Å². The molecule has 2 aromatic rings. The Hall–Kier alpha value is -2.12. The van der Waals surface area contributed by atoms with Crippen LogP contribution in [0.15, 0.2) is 23.2 Å². The van der Waals surface area contributed by atoms with E-state index in [-0.39, 0.29) is 0 Å². The van der Waals surface area contributed by atoms with Gasteiger partial charge in [0.05, 0.1) is 12.7 Å². The summed E-state index contributed by atoms with van der Waals surface area (Å²) in [7, 11) is 1.68. The van der Waals surface area contributed by atoms with Gasteiger partial charge in [-0.3, -0.25) is 0 Å². The van der Waals surface area contributed by atoms with Gasteiger partial charge >= 0.3 is 0 Å². The summed E-state index contributed by atoms with van der Waals surface area (Å²) in [6.45, 7) is 8.95. The van der Waals surface area contributed by atoms with Gasteiger partial charge < -0.3 is 4.74 Å². The van der Waals surface area contributed by atoms with Gasteiger partial charge in [-0.25, -0.2) is 4.99 Å². The van der Waals surface area contributed by atoms with Crippen LogP contribution in [0.3, 0.4) is 0 Å². The molecule has 1 atom stereocenters. The number of fused-ring (bicyclic) bond motifs is 1. The molecule has 1 heterocycles. The average molecular weight is 367 g/mol. The van der Waals surface area contributed by atoms with E-state index in [1.54, 1.807) is 18.4 Å². The van der Waals surface area contributed by atoms with Crippen LogP contribution in [0.4, 0.5) is 5.00 Å². The highest BCUT2D eigenvalue weighted by Gasteiger charge is 2.32. The lowest BCUT2D eigenvalue weighted by molar-refractivity contribution is 0.218. The van der Waals surface area contributed by atoms with Crippen molar-refractivity contribution in [3.8, 4) is 11.8 Å². The molecule has 0 saturated heterocycles. The average Bonchev–Trinajstić information content (AvgIpc) is 2.96. The summed E-state index contributed by atoms with van der Waals surface area (Å²) in [5.41, 5.74) is 4.38. The van der Waals surface area contributed by atoms with Crippen molar-refractivity contribution in [1.82, 2.24) is 0 Å². The van der Waals surface area contributed by atoms with E-state index in [4.69, 9.17) is 4.74 Å². The number of benzene rings is 1. The number of methoxy groups -OCH3 is 1. The molecule has 0 bridgehead atoms. The van der Waals surface area contributed by atoms with Crippen LogP contribution in [0, 0.1) is 29.6 Å². The van der Waals surface area contributed by atoms with E-state index in [0.717, 1.165) is 46.7 Å². The molecule has 4 heteroatoms. The largest absolute Gasteiger partial charge is 0.496 e. The summed E-state index contributed by atoms with van der Waals surface area (Å²) < 4.78 is 5.38. The van der Waals surface area contributed by atoms with Crippen molar-refractivity contribution >= 4 is 22.6 Å². The Bertz CT molecular complexity index is 881. The predicted octanol–water partition coefficient (Wildman–Crippen LogP) is 5.84. The van der Waals surface area contributed by atoms with E-state index in [2.05, 4.69) is 31.8 Å². The van der Waals surface area contributed by atoms with Gasteiger partial charge in [-0.05, 0) is 60.3 Å². The number of hydrogen-bond acceptors (Lipinski definition) is 4. The summed E-state index contributed by atoms with van der Waals surface area (Å²) in [5, 5.41) is 10.5. The highest BCUT2D eigenvalue weighted by Crippen LogP contribution is 2.44. The molecule has 1 aromatic carbocycles. The number of thiophene rings is 1. The zero-order valence-electron chi connectivity index (χ0n) is 16.2. The molecular formula is C22H26N2OS. The van der Waals surface area contributed by atoms with Gasteiger partial charge in [-0.1, -0.05) is 32.9 Å². The third kappa shape index (κ3) is 3.68. The summed E-state index contributed by atoms with van der Waals surface area (Å²) in [6.07, 6.45) is 5.04. The fourth-order valence-corrected chi connectivity index (χ4v) is 4.79. The maximum absolute atomic E-state index is 9.67. The van der Waals surface area contributed by atoms with Crippen molar-refractivity contribution in [3.05, 3.63) is 45.3 Å². The van der Waals surface area contributed by atoms with E-state index in [9.17, 15) is 5.26 Å². The molecule has 1 aromatic heterocycles. The van der Waals surface area contributed by atoms with Crippen LogP contribution in [-0.4, -0.2) is 13.3 Å². The molecule has 3 rings (SSSR count). The first-order valence-electron chi connectivity index (χ1n) is 9.07. The van der Waals surface area contributed by atoms with Gasteiger partial charge in [-0.2, -0.15) is 5.26 Å². The maximum atomic E-state index is 9.67. The molecule has 0 saturated carbocycles. The molecular weight excluding hydrogens is 340 g/mol. The first kappa shape index (κ1) is 18.7. The summed E-state index contributed by atoms with van der Waals surface area (Å²) >= 11 is 1.69. The molecule has 0 N–H and O–H groups in total. The van der Waals surface area contributed by atoms with Gasteiger partial charge in [0.1, 0.15) is 16.8 Å². The number of ether oxygens (including phenoxy) is 1. The van der Waals surface area contributed by atoms with Crippen molar-refractivity contribution in [2.24, 2.45) is 16.3 Å². The van der Waals surface area contributed by atoms with Crippen LogP contribution in [0.2, 0.25) is 0 Å². The van der Waals surface area contributed by atoms with E-state index in [1.807, 2.05) is 31.3 Å². The molecule has 3 nitrogen and oxygen atoms in total. The van der Waals surface area contributed by atoms with Gasteiger partial charge in [0.2, 0.25) is 0 Å². The van der Waals surface area contributed by atoms with E-state index >= 15 is 0 Å². The third-order valence-electron chi connectivity index (χ3n) is 5.35. The summed E-state index contributed by atoms with van der Waals surface area (Å²) in [5.74, 6) is 1.52. The molecule has 1 aliphatic carbocycles. The number of hydrogen-bond donors (Lipinski definition) is 0. The molecule has 1 aliphatic rings. The van der Waals surface area contributed by atoms with Crippen molar-refractivity contribution < 1.29 is 4.74 Å². The second kappa shape index (κ2) is 7.25. The number of nitrogens with zero attached hydrogens (tertiary/aromatic N) is 2. The first-order valence-corrected chi connectivity index (χ1v) is 9.88. The molecule has 0 unspecified atom stereocenters. The fraction of sp³-hybridized carbons (Fsp3) is 0.455. The number of nitriles is 1. The van der Waals surface area contributed by atoms with Gasteiger partial charge in [0.15, 0.2) is 0 Å². The Morgan fingerprint density at radius 3 is 2.77 bits per heavy atom. The Morgan fingerprint density at radius 1 is 1.35 bits per heavy atom. The highest BCUT2D eigenvalue weighted by atomic mass is 32.1. The smallest absolute Gasteiger partial charge is 0.134 e. The van der Waals surface area contributed by atoms with Gasteiger partial charge in [0.25, 0.3) is 0 Å². The Labute approximate surface area is 160 Å². The first-order chi connectivity index (χ1) is 12.3. The number of rotatable bonds is 3. The summed E-state index contributed by atoms with van der Waals surface area (Å²) in [6, 6.07) is 8.43.